The van der Waals surface area contributed by atoms with Crippen molar-refractivity contribution in [2.45, 2.75) is 13.3 Å². The summed E-state index contributed by atoms with van der Waals surface area (Å²) in [6.07, 6.45) is 0.698. The van der Waals surface area contributed by atoms with E-state index in [0.29, 0.717) is 17.9 Å². The molecular weight excluding hydrogens is 332 g/mol. The molecule has 0 saturated heterocycles. The monoisotopic (exact) mass is 350 g/mol. The van der Waals surface area contributed by atoms with E-state index in [2.05, 4.69) is 15.5 Å². The number of ether oxygens (including phenoxy) is 2. The zero-order valence-electron chi connectivity index (χ0n) is 14.3. The van der Waals surface area contributed by atoms with E-state index in [4.69, 9.17) is 15.2 Å². The number of nitrogens with zero attached hydrogens (tertiary/aromatic N) is 2. The third kappa shape index (κ3) is 3.04. The lowest BCUT2D eigenvalue weighted by atomic mass is 9.94. The Morgan fingerprint density at radius 2 is 1.88 bits per heavy atom. The van der Waals surface area contributed by atoms with Gasteiger partial charge in [0.1, 0.15) is 5.71 Å². The highest BCUT2D eigenvalue weighted by molar-refractivity contribution is 6.15. The first-order chi connectivity index (χ1) is 12.6. The molecule has 2 aliphatic heterocycles. The molecule has 2 aliphatic rings. The summed E-state index contributed by atoms with van der Waals surface area (Å²) in [5, 5.41) is 11.5. The van der Waals surface area contributed by atoms with Gasteiger partial charge in [-0.25, -0.2) is 0 Å². The summed E-state index contributed by atoms with van der Waals surface area (Å²) < 4.78 is 11.0. The van der Waals surface area contributed by atoms with E-state index in [1.54, 1.807) is 0 Å². The molecule has 2 aromatic rings. The zero-order valence-corrected chi connectivity index (χ0v) is 14.3. The number of hydrogen-bond donors (Lipinski definition) is 2. The quantitative estimate of drug-likeness (QED) is 0.885. The molecule has 0 aromatic heterocycles. The Kier molecular flexibility index (Phi) is 4.14. The lowest BCUT2D eigenvalue weighted by Crippen LogP contribution is -2.21. The molecule has 0 aliphatic carbocycles. The summed E-state index contributed by atoms with van der Waals surface area (Å²) in [5.41, 5.74) is 10.6. The number of amides is 1. The number of carbonyl (C=O) groups is 1. The average Bonchev–Trinajstić information content (AvgIpc) is 3.03. The summed E-state index contributed by atoms with van der Waals surface area (Å²) in [6, 6.07) is 11.4. The Balaban J connectivity index is 1.73. The lowest BCUT2D eigenvalue weighted by Gasteiger charge is -2.11. The van der Waals surface area contributed by atoms with Crippen molar-refractivity contribution in [2.24, 2.45) is 15.9 Å². The first-order valence-corrected chi connectivity index (χ1v) is 8.28. The maximum Gasteiger partial charge on any atom is 0.238 e. The SMILES string of the molecule is CC1=NN=C(c2ccc(NC(=O)CN)cc2)c2cc3c(cc2C1)OCO3. The molecule has 0 unspecified atom stereocenters. The molecule has 1 amide bonds. The van der Waals surface area contributed by atoms with E-state index in [1.807, 2.05) is 43.3 Å². The molecule has 0 bridgehead atoms. The van der Waals surface area contributed by atoms with Crippen molar-refractivity contribution in [3.05, 3.63) is 53.1 Å². The van der Waals surface area contributed by atoms with E-state index >= 15 is 0 Å². The minimum absolute atomic E-state index is 0.0526. The van der Waals surface area contributed by atoms with Crippen LogP contribution in [0.2, 0.25) is 0 Å². The molecule has 2 aromatic carbocycles. The second-order valence-corrected chi connectivity index (χ2v) is 6.15. The van der Waals surface area contributed by atoms with Gasteiger partial charge in [0, 0.05) is 28.9 Å². The molecule has 0 radical (unpaired) electrons. The van der Waals surface area contributed by atoms with Crippen molar-refractivity contribution >= 4 is 23.0 Å². The van der Waals surface area contributed by atoms with Gasteiger partial charge >= 0.3 is 0 Å². The minimum Gasteiger partial charge on any atom is -0.454 e. The highest BCUT2D eigenvalue weighted by Crippen LogP contribution is 2.36. The summed E-state index contributed by atoms with van der Waals surface area (Å²) in [6.45, 7) is 2.13. The number of benzene rings is 2. The normalized spacial score (nSPS) is 14.8. The summed E-state index contributed by atoms with van der Waals surface area (Å²) >= 11 is 0. The second kappa shape index (κ2) is 6.61. The van der Waals surface area contributed by atoms with Crippen LogP contribution in [0.1, 0.15) is 23.6 Å². The van der Waals surface area contributed by atoms with Gasteiger partial charge in [-0.3, -0.25) is 4.79 Å². The Hall–Kier alpha value is -3.19. The van der Waals surface area contributed by atoms with E-state index in [0.717, 1.165) is 33.9 Å². The average molecular weight is 350 g/mol. The van der Waals surface area contributed by atoms with Crippen molar-refractivity contribution in [2.75, 3.05) is 18.7 Å². The van der Waals surface area contributed by atoms with Crippen molar-refractivity contribution in [1.82, 2.24) is 0 Å². The molecule has 2 heterocycles. The number of nitrogens with two attached hydrogens (primary N) is 1. The number of nitrogens with one attached hydrogen (secondary N) is 1. The van der Waals surface area contributed by atoms with E-state index in [1.165, 1.54) is 0 Å². The Bertz CT molecular complexity index is 933. The fourth-order valence-corrected chi connectivity index (χ4v) is 2.99. The van der Waals surface area contributed by atoms with Crippen molar-refractivity contribution in [3.63, 3.8) is 0 Å². The van der Waals surface area contributed by atoms with Crippen LogP contribution in [0.4, 0.5) is 5.69 Å². The molecule has 0 spiro atoms. The smallest absolute Gasteiger partial charge is 0.238 e. The van der Waals surface area contributed by atoms with Crippen LogP contribution < -0.4 is 20.5 Å². The van der Waals surface area contributed by atoms with E-state index in [-0.39, 0.29) is 19.2 Å². The number of fused-ring (bicyclic) bond motifs is 2. The Morgan fingerprint density at radius 3 is 2.62 bits per heavy atom. The number of hydrogen-bond acceptors (Lipinski definition) is 6. The summed E-state index contributed by atoms with van der Waals surface area (Å²) in [5.74, 6) is 1.23. The number of carbonyl (C=O) groups excluding carboxylic acids is 1. The van der Waals surface area contributed by atoms with Gasteiger partial charge in [0.15, 0.2) is 11.5 Å². The first kappa shape index (κ1) is 16.3. The standard InChI is InChI=1S/C19H18N4O3/c1-11-6-13-7-16-17(26-10-25-16)8-15(13)19(23-22-11)12-2-4-14(5-3-12)21-18(24)9-20/h2-5,7-8H,6,9-10,20H2,1H3,(H,21,24). The Morgan fingerprint density at radius 1 is 1.15 bits per heavy atom. The second-order valence-electron chi connectivity index (χ2n) is 6.15. The third-order valence-corrected chi connectivity index (χ3v) is 4.25. The molecule has 7 nitrogen and oxygen atoms in total. The largest absolute Gasteiger partial charge is 0.454 e. The molecular formula is C19H18N4O3. The van der Waals surface area contributed by atoms with Crippen LogP contribution in [0, 0.1) is 0 Å². The van der Waals surface area contributed by atoms with Gasteiger partial charge in [-0.1, -0.05) is 12.1 Å². The van der Waals surface area contributed by atoms with E-state index < -0.39 is 0 Å². The van der Waals surface area contributed by atoms with Crippen LogP contribution in [0.25, 0.3) is 0 Å². The van der Waals surface area contributed by atoms with Crippen LogP contribution in [-0.4, -0.2) is 30.7 Å². The molecule has 26 heavy (non-hydrogen) atoms. The Labute approximate surface area is 150 Å². The van der Waals surface area contributed by atoms with Crippen LogP contribution in [0.15, 0.2) is 46.6 Å². The topological polar surface area (TPSA) is 98.3 Å². The fraction of sp³-hybridized carbons (Fsp3) is 0.211. The molecule has 0 fully saturated rings. The lowest BCUT2D eigenvalue weighted by molar-refractivity contribution is -0.114. The molecule has 4 rings (SSSR count). The number of rotatable bonds is 3. The predicted octanol–water partition coefficient (Wildman–Crippen LogP) is 2.08. The van der Waals surface area contributed by atoms with Crippen molar-refractivity contribution < 1.29 is 14.3 Å². The van der Waals surface area contributed by atoms with Crippen LogP contribution in [-0.2, 0) is 11.2 Å². The van der Waals surface area contributed by atoms with E-state index in [9.17, 15) is 4.79 Å². The fourth-order valence-electron chi connectivity index (χ4n) is 2.99. The predicted molar refractivity (Wildman–Crippen MR) is 99.1 cm³/mol. The molecule has 7 heteroatoms. The van der Waals surface area contributed by atoms with Gasteiger partial charge in [0.25, 0.3) is 0 Å². The van der Waals surface area contributed by atoms with Gasteiger partial charge in [0.2, 0.25) is 12.7 Å². The molecule has 3 N–H and O–H groups in total. The summed E-state index contributed by atoms with van der Waals surface area (Å²) in [7, 11) is 0. The molecule has 0 atom stereocenters. The van der Waals surface area contributed by atoms with Gasteiger partial charge in [-0.15, -0.1) is 5.10 Å². The molecule has 132 valence electrons. The highest BCUT2D eigenvalue weighted by atomic mass is 16.7. The van der Waals surface area contributed by atoms with Crippen molar-refractivity contribution in [1.29, 1.82) is 0 Å². The number of anilines is 1. The maximum atomic E-state index is 11.4. The van der Waals surface area contributed by atoms with Crippen LogP contribution >= 0.6 is 0 Å². The minimum atomic E-state index is -0.233. The van der Waals surface area contributed by atoms with Gasteiger partial charge in [-0.2, -0.15) is 5.10 Å². The first-order valence-electron chi connectivity index (χ1n) is 8.28. The summed E-state index contributed by atoms with van der Waals surface area (Å²) in [4.78, 5) is 11.4. The van der Waals surface area contributed by atoms with Crippen LogP contribution in [0.3, 0.4) is 0 Å². The van der Waals surface area contributed by atoms with Crippen molar-refractivity contribution in [3.8, 4) is 11.5 Å². The zero-order chi connectivity index (χ0) is 18.1. The molecule has 0 saturated carbocycles. The van der Waals surface area contributed by atoms with Crippen LogP contribution in [0.5, 0.6) is 11.5 Å². The van der Waals surface area contributed by atoms with Gasteiger partial charge in [0.05, 0.1) is 6.54 Å². The van der Waals surface area contributed by atoms with Gasteiger partial charge < -0.3 is 20.5 Å². The third-order valence-electron chi connectivity index (χ3n) is 4.25. The maximum absolute atomic E-state index is 11.4. The highest BCUT2D eigenvalue weighted by Gasteiger charge is 2.22. The van der Waals surface area contributed by atoms with Gasteiger partial charge in [-0.05, 0) is 36.8 Å².